The third-order valence-electron chi connectivity index (χ3n) is 11.8. The van der Waals surface area contributed by atoms with Crippen LogP contribution in [-0.4, -0.2) is 107 Å². The molecule has 1 N–H and O–H groups in total. The summed E-state index contributed by atoms with van der Waals surface area (Å²) in [5.41, 5.74) is 1.15. The number of esters is 1. The number of halogens is 1. The number of hydrogen-bond acceptors (Lipinski definition) is 8. The second kappa shape index (κ2) is 19.4. The van der Waals surface area contributed by atoms with Crippen molar-refractivity contribution in [3.8, 4) is 0 Å². The summed E-state index contributed by atoms with van der Waals surface area (Å²) in [5, 5.41) is 9.36. The number of allylic oxidation sites excluding steroid dienone is 1. The molecule has 56 heavy (non-hydrogen) atoms. The van der Waals surface area contributed by atoms with Crippen molar-refractivity contribution in [1.29, 1.82) is 0 Å². The molecule has 2 aromatic carbocycles. The highest BCUT2D eigenvalue weighted by molar-refractivity contribution is 9.09. The number of hydrogen-bond donors (Lipinski definition) is 1. The number of likely N-dealkylation sites (tertiary alicyclic amines) is 1. The number of amides is 3. The largest absolute Gasteiger partial charge is 0.455 e. The summed E-state index contributed by atoms with van der Waals surface area (Å²) in [5.74, 6) is -3.24. The summed E-state index contributed by atoms with van der Waals surface area (Å²) in [7, 11) is 1.70. The Morgan fingerprint density at radius 3 is 2.30 bits per heavy atom. The molecule has 0 aromatic heterocycles. The van der Waals surface area contributed by atoms with Crippen molar-refractivity contribution in [2.45, 2.75) is 100 Å². The van der Waals surface area contributed by atoms with Gasteiger partial charge in [-0.1, -0.05) is 71.3 Å². The van der Waals surface area contributed by atoms with Crippen LogP contribution in [0.2, 0.25) is 0 Å². The van der Waals surface area contributed by atoms with Crippen LogP contribution in [0.5, 0.6) is 0 Å². The molecule has 1 spiro atoms. The quantitative estimate of drug-likeness (QED) is 0.0660. The van der Waals surface area contributed by atoms with Gasteiger partial charge in [-0.15, -0.1) is 13.2 Å². The average Bonchev–Trinajstić information content (AvgIpc) is 3.81. The number of nitrogens with zero attached hydrogens (tertiary/aromatic N) is 4. The molecule has 12 heteroatoms. The van der Waals surface area contributed by atoms with Crippen LogP contribution in [0.25, 0.3) is 0 Å². The van der Waals surface area contributed by atoms with Gasteiger partial charge in [-0.05, 0) is 76.3 Å². The Morgan fingerprint density at radius 2 is 1.68 bits per heavy atom. The van der Waals surface area contributed by atoms with Crippen LogP contribution in [-0.2, 0) is 28.7 Å². The monoisotopic (exact) mass is 834 g/mol. The molecule has 2 aromatic rings. The van der Waals surface area contributed by atoms with Crippen molar-refractivity contribution in [3.63, 3.8) is 0 Å². The van der Waals surface area contributed by atoms with Crippen molar-refractivity contribution in [2.75, 3.05) is 49.6 Å². The number of aliphatic hydroxyl groups excluding tert-OH is 1. The van der Waals surface area contributed by atoms with E-state index in [4.69, 9.17) is 9.47 Å². The minimum atomic E-state index is -1.28. The van der Waals surface area contributed by atoms with Gasteiger partial charge in [-0.2, -0.15) is 0 Å². The van der Waals surface area contributed by atoms with Crippen LogP contribution in [0.15, 0.2) is 79.9 Å². The molecule has 0 saturated carbocycles. The zero-order chi connectivity index (χ0) is 40.6. The number of alkyl halides is 1. The molecule has 3 heterocycles. The van der Waals surface area contributed by atoms with Crippen LogP contribution in [0.4, 0.5) is 11.4 Å². The van der Waals surface area contributed by atoms with Gasteiger partial charge >= 0.3 is 5.97 Å². The molecule has 1 unspecified atom stereocenters. The molecule has 304 valence electrons. The number of anilines is 2. The molecule has 2 bridgehead atoms. The molecule has 3 fully saturated rings. The molecule has 8 atom stereocenters. The summed E-state index contributed by atoms with van der Waals surface area (Å²) >= 11 is 3.79. The number of unbranched alkanes of at least 4 members (excludes halogenated alkanes) is 3. The van der Waals surface area contributed by atoms with Gasteiger partial charge < -0.3 is 34.2 Å². The highest BCUT2D eigenvalue weighted by atomic mass is 79.9. The van der Waals surface area contributed by atoms with E-state index >= 15 is 4.79 Å². The molecule has 3 amide bonds. The molecule has 3 saturated heterocycles. The molecule has 5 rings (SSSR count). The third kappa shape index (κ3) is 8.62. The van der Waals surface area contributed by atoms with Crippen LogP contribution in [0.1, 0.15) is 77.4 Å². The first kappa shape index (κ1) is 43.1. The molecule has 11 nitrogen and oxygen atoms in total. The maximum absolute atomic E-state index is 15.1. The second-order valence-electron chi connectivity index (χ2n) is 15.1. The number of likely N-dealkylation sites (N-methyl/N-ethyl adjacent to an activating group) is 1. The van der Waals surface area contributed by atoms with Gasteiger partial charge in [0.05, 0.1) is 24.0 Å². The summed E-state index contributed by atoms with van der Waals surface area (Å²) in [6.45, 7) is 16.0. The lowest BCUT2D eigenvalue weighted by molar-refractivity contribution is -0.164. The number of carbonyl (C=O) groups excluding carboxylic acids is 4. The summed E-state index contributed by atoms with van der Waals surface area (Å²) < 4.78 is 13.2. The summed E-state index contributed by atoms with van der Waals surface area (Å²) in [6.07, 6.45) is 5.80. The minimum absolute atomic E-state index is 0.0888. The van der Waals surface area contributed by atoms with E-state index in [2.05, 4.69) is 47.8 Å². The summed E-state index contributed by atoms with van der Waals surface area (Å²) in [4.78, 5) is 64.6. The molecule has 0 radical (unpaired) electrons. The Labute approximate surface area is 340 Å². The fraction of sp³-hybridized carbons (Fsp3) is 0.545. The lowest BCUT2D eigenvalue weighted by Gasteiger charge is -2.37. The fourth-order valence-corrected chi connectivity index (χ4v) is 9.76. The first-order valence-corrected chi connectivity index (χ1v) is 21.0. The van der Waals surface area contributed by atoms with Crippen molar-refractivity contribution in [2.24, 2.45) is 11.8 Å². The van der Waals surface area contributed by atoms with Crippen molar-refractivity contribution < 1.29 is 33.8 Å². The maximum atomic E-state index is 15.1. The van der Waals surface area contributed by atoms with E-state index in [1.165, 1.54) is 0 Å². The topological polar surface area (TPSA) is 120 Å². The number of ether oxygens (including phenoxy) is 2. The molecule has 3 aliphatic rings. The Morgan fingerprint density at radius 1 is 1.02 bits per heavy atom. The fourth-order valence-electron chi connectivity index (χ4n) is 8.82. The zero-order valence-electron chi connectivity index (χ0n) is 33.4. The molecule has 3 aliphatic heterocycles. The Balaban J connectivity index is 1.50. The van der Waals surface area contributed by atoms with Gasteiger partial charge in [0.1, 0.15) is 17.7 Å². The van der Waals surface area contributed by atoms with Crippen LogP contribution < -0.4 is 9.80 Å². The molecular formula is C44H59BrN4O7. The minimum Gasteiger partial charge on any atom is -0.455 e. The van der Waals surface area contributed by atoms with E-state index in [1.807, 2.05) is 61.5 Å². The predicted octanol–water partition coefficient (Wildman–Crippen LogP) is 6.45. The van der Waals surface area contributed by atoms with E-state index in [0.29, 0.717) is 43.5 Å². The number of benzene rings is 2. The SMILES string of the molecule is C=CCCC(=O)N(C)[C@H](C)[C@H](OC(=O)[C@H]1[C@@H]2O[C@@]3(CC2Br)[C@@H]1C(=O)N(CCCCCCO)[C@@H]3C(=O)N(CC=C)c1ccc(N(CC)CC)cc1)c1ccccc1. The van der Waals surface area contributed by atoms with Gasteiger partial charge in [-0.25, -0.2) is 0 Å². The Bertz CT molecular complexity index is 1690. The van der Waals surface area contributed by atoms with E-state index in [-0.39, 0.29) is 42.1 Å². The van der Waals surface area contributed by atoms with Crippen molar-refractivity contribution >= 4 is 51.0 Å². The van der Waals surface area contributed by atoms with Crippen LogP contribution in [0.3, 0.4) is 0 Å². The normalized spacial score (nSPS) is 24.6. The lowest BCUT2D eigenvalue weighted by Crippen LogP contribution is -2.57. The predicted molar refractivity (Wildman–Crippen MR) is 222 cm³/mol. The number of aliphatic hydroxyl groups is 1. The Kier molecular flexibility index (Phi) is 15.0. The average molecular weight is 836 g/mol. The van der Waals surface area contributed by atoms with E-state index in [0.717, 1.165) is 31.6 Å². The number of fused-ring (bicyclic) bond motifs is 1. The van der Waals surface area contributed by atoms with Crippen LogP contribution >= 0.6 is 15.9 Å². The van der Waals surface area contributed by atoms with Gasteiger partial charge in [0.2, 0.25) is 11.8 Å². The second-order valence-corrected chi connectivity index (χ2v) is 16.3. The molecular weight excluding hydrogens is 776 g/mol. The highest BCUT2D eigenvalue weighted by Gasteiger charge is 2.77. The number of rotatable bonds is 21. The number of carbonyl (C=O) groups is 4. The first-order valence-electron chi connectivity index (χ1n) is 20.1. The van der Waals surface area contributed by atoms with Gasteiger partial charge in [0.25, 0.3) is 5.91 Å². The Hall–Kier alpha value is -4.00. The van der Waals surface area contributed by atoms with E-state index in [1.54, 1.807) is 33.9 Å². The third-order valence-corrected chi connectivity index (χ3v) is 12.7. The van der Waals surface area contributed by atoms with Gasteiger partial charge in [0.15, 0.2) is 0 Å². The lowest BCUT2D eigenvalue weighted by atomic mass is 9.70. The van der Waals surface area contributed by atoms with E-state index < -0.39 is 47.7 Å². The van der Waals surface area contributed by atoms with Gasteiger partial charge in [0, 0.05) is 62.5 Å². The smallest absolute Gasteiger partial charge is 0.313 e. The van der Waals surface area contributed by atoms with Crippen molar-refractivity contribution in [1.82, 2.24) is 9.80 Å². The highest BCUT2D eigenvalue weighted by Crippen LogP contribution is 2.60. The first-order chi connectivity index (χ1) is 27.0. The zero-order valence-corrected chi connectivity index (χ0v) is 34.9. The maximum Gasteiger partial charge on any atom is 0.313 e. The van der Waals surface area contributed by atoms with Crippen LogP contribution in [0, 0.1) is 11.8 Å². The van der Waals surface area contributed by atoms with Gasteiger partial charge in [-0.3, -0.25) is 19.2 Å². The standard InChI is InChI=1S/C44H59BrN4O7/c1-7-11-21-35(51)46(6)30(5)38(31-19-15-14-16-20-31)55-43(54)36-37-41(52)49(27-17-12-13-18-28-50)40(44(37)29-34(45)39(36)56-44)42(53)48(26-8-2)33-24-22-32(23-25-33)47(9-3)10-4/h7-8,14-16,19-20,22-25,30,34,36-40,50H,1-2,9-13,17-18,21,26-29H2,3-6H3/t30-,34?,36-,37+,38+,39-,40-,44+/m1/s1. The van der Waals surface area contributed by atoms with E-state index in [9.17, 15) is 19.5 Å². The summed E-state index contributed by atoms with van der Waals surface area (Å²) in [6, 6.07) is 15.6. The molecule has 0 aliphatic carbocycles. The van der Waals surface area contributed by atoms with Crippen molar-refractivity contribution in [3.05, 3.63) is 85.5 Å².